The van der Waals surface area contributed by atoms with Gasteiger partial charge in [-0.2, -0.15) is 0 Å². The summed E-state index contributed by atoms with van der Waals surface area (Å²) in [5.74, 6) is 3.71. The Morgan fingerprint density at radius 3 is 3.07 bits per heavy atom. The minimum atomic E-state index is -0.392. The fourth-order valence-electron chi connectivity index (χ4n) is 1.08. The van der Waals surface area contributed by atoms with Gasteiger partial charge in [0.25, 0.3) is 0 Å². The van der Waals surface area contributed by atoms with Gasteiger partial charge in [-0.15, -0.1) is 18.2 Å². The smallest absolute Gasteiger partial charge is 0.148 e. The summed E-state index contributed by atoms with van der Waals surface area (Å²) in [7, 11) is 0. The molecule has 0 unspecified atom stereocenters. The van der Waals surface area contributed by atoms with Crippen LogP contribution in [0, 0.1) is 18.2 Å². The van der Waals surface area contributed by atoms with Crippen LogP contribution >= 0.6 is 11.8 Å². The third-order valence-corrected chi connectivity index (χ3v) is 2.66. The Balaban J connectivity index is 2.38. The number of rotatable bonds is 5. The monoisotopic (exact) mass is 224 g/mol. The van der Waals surface area contributed by atoms with Gasteiger partial charge in [0.15, 0.2) is 0 Å². The molecule has 0 bridgehead atoms. The van der Waals surface area contributed by atoms with Gasteiger partial charge in [0.1, 0.15) is 5.82 Å². The van der Waals surface area contributed by atoms with Crippen LogP contribution in [0.1, 0.15) is 0 Å². The van der Waals surface area contributed by atoms with Crippen LogP contribution < -0.4 is 11.1 Å². The van der Waals surface area contributed by atoms with Crippen molar-refractivity contribution < 1.29 is 4.39 Å². The standard InChI is InChI=1S/C11H13FN2S/c1-2-7-15-8-6-14-10-5-3-4-9(12)11(10)13/h1,3-5,14H,6-8,13H2. The van der Waals surface area contributed by atoms with E-state index in [4.69, 9.17) is 12.2 Å². The molecule has 1 aromatic carbocycles. The molecule has 4 heteroatoms. The van der Waals surface area contributed by atoms with Gasteiger partial charge < -0.3 is 11.1 Å². The second kappa shape index (κ2) is 6.20. The fraction of sp³-hybridized carbons (Fsp3) is 0.273. The first-order chi connectivity index (χ1) is 7.25. The second-order valence-corrected chi connectivity index (χ2v) is 3.99. The first kappa shape index (κ1) is 11.7. The molecule has 3 N–H and O–H groups in total. The number of halogens is 1. The van der Waals surface area contributed by atoms with Crippen LogP contribution in [0.25, 0.3) is 0 Å². The number of nitrogens with one attached hydrogen (secondary N) is 1. The van der Waals surface area contributed by atoms with E-state index in [1.54, 1.807) is 23.9 Å². The van der Waals surface area contributed by atoms with Crippen LogP contribution in [0.3, 0.4) is 0 Å². The number of hydrogen-bond acceptors (Lipinski definition) is 3. The lowest BCUT2D eigenvalue weighted by Gasteiger charge is -2.08. The summed E-state index contributed by atoms with van der Waals surface area (Å²) in [5.41, 5.74) is 6.35. The quantitative estimate of drug-likeness (QED) is 0.457. The normalized spacial score (nSPS) is 9.60. The molecular formula is C11H13FN2S. The summed E-state index contributed by atoms with van der Waals surface area (Å²) in [6.07, 6.45) is 5.11. The topological polar surface area (TPSA) is 38.0 Å². The minimum absolute atomic E-state index is 0.166. The van der Waals surface area contributed by atoms with Crippen molar-refractivity contribution >= 4 is 23.1 Å². The third kappa shape index (κ3) is 3.72. The van der Waals surface area contributed by atoms with Gasteiger partial charge in [-0.3, -0.25) is 0 Å². The van der Waals surface area contributed by atoms with Gasteiger partial charge in [-0.1, -0.05) is 12.0 Å². The molecule has 1 aromatic rings. The SMILES string of the molecule is C#CCSCCNc1cccc(F)c1N. The van der Waals surface area contributed by atoms with Crippen LogP contribution in [0.5, 0.6) is 0 Å². The van der Waals surface area contributed by atoms with Gasteiger partial charge >= 0.3 is 0 Å². The highest BCUT2D eigenvalue weighted by atomic mass is 32.2. The average Bonchev–Trinajstić information content (AvgIpc) is 2.24. The van der Waals surface area contributed by atoms with Crippen LogP contribution in [0.4, 0.5) is 15.8 Å². The molecule has 15 heavy (non-hydrogen) atoms. The number of benzene rings is 1. The van der Waals surface area contributed by atoms with Crippen molar-refractivity contribution in [3.63, 3.8) is 0 Å². The molecule has 0 radical (unpaired) electrons. The van der Waals surface area contributed by atoms with Crippen molar-refractivity contribution in [3.8, 4) is 12.3 Å². The molecule has 0 heterocycles. The van der Waals surface area contributed by atoms with Crippen molar-refractivity contribution in [3.05, 3.63) is 24.0 Å². The van der Waals surface area contributed by atoms with Gasteiger partial charge in [0.2, 0.25) is 0 Å². The molecule has 0 amide bonds. The maximum atomic E-state index is 13.0. The van der Waals surface area contributed by atoms with Crippen molar-refractivity contribution in [2.75, 3.05) is 29.1 Å². The molecular weight excluding hydrogens is 211 g/mol. The Morgan fingerprint density at radius 2 is 2.33 bits per heavy atom. The zero-order valence-electron chi connectivity index (χ0n) is 8.29. The molecule has 0 saturated heterocycles. The van der Waals surface area contributed by atoms with E-state index in [2.05, 4.69) is 11.2 Å². The fourth-order valence-corrected chi connectivity index (χ4v) is 1.59. The summed E-state index contributed by atoms with van der Waals surface area (Å²) < 4.78 is 13.0. The van der Waals surface area contributed by atoms with E-state index in [-0.39, 0.29) is 5.69 Å². The molecule has 0 spiro atoms. The largest absolute Gasteiger partial charge is 0.395 e. The van der Waals surface area contributed by atoms with E-state index >= 15 is 0 Å². The summed E-state index contributed by atoms with van der Waals surface area (Å²) in [4.78, 5) is 0. The van der Waals surface area contributed by atoms with Gasteiger partial charge in [0, 0.05) is 12.3 Å². The lowest BCUT2D eigenvalue weighted by molar-refractivity contribution is 0.633. The Morgan fingerprint density at radius 1 is 1.53 bits per heavy atom. The summed E-state index contributed by atoms with van der Waals surface area (Å²) in [5, 5.41) is 3.06. The van der Waals surface area contributed by atoms with Crippen LogP contribution in [-0.2, 0) is 0 Å². The number of terminal acetylenes is 1. The van der Waals surface area contributed by atoms with Crippen molar-refractivity contribution in [2.45, 2.75) is 0 Å². The van der Waals surface area contributed by atoms with Crippen LogP contribution in [0.2, 0.25) is 0 Å². The lowest BCUT2D eigenvalue weighted by atomic mass is 10.2. The molecule has 0 atom stereocenters. The molecule has 0 saturated carbocycles. The summed E-state index contributed by atoms with van der Waals surface area (Å²) in [6.45, 7) is 0.722. The Kier molecular flexibility index (Phi) is 4.85. The van der Waals surface area contributed by atoms with Gasteiger partial charge in [-0.25, -0.2) is 4.39 Å². The molecule has 0 aliphatic heterocycles. The molecule has 0 aromatic heterocycles. The van der Waals surface area contributed by atoms with E-state index in [1.807, 2.05) is 0 Å². The molecule has 0 fully saturated rings. The zero-order valence-corrected chi connectivity index (χ0v) is 9.11. The molecule has 0 aliphatic carbocycles. The predicted octanol–water partition coefficient (Wildman–Crippen LogP) is 2.19. The maximum Gasteiger partial charge on any atom is 0.148 e. The number of anilines is 2. The molecule has 2 nitrogen and oxygen atoms in total. The molecule has 0 aliphatic rings. The Labute approximate surface area is 93.4 Å². The first-order valence-corrected chi connectivity index (χ1v) is 5.70. The third-order valence-electron chi connectivity index (χ3n) is 1.80. The maximum absolute atomic E-state index is 13.0. The highest BCUT2D eigenvalue weighted by Gasteiger charge is 2.02. The van der Waals surface area contributed by atoms with E-state index in [0.29, 0.717) is 11.4 Å². The Hall–Kier alpha value is -1.34. The number of thioether (sulfide) groups is 1. The average molecular weight is 224 g/mol. The summed E-state index contributed by atoms with van der Waals surface area (Å²) >= 11 is 1.65. The number of hydrogen-bond donors (Lipinski definition) is 2. The van der Waals surface area contributed by atoms with Crippen LogP contribution in [0.15, 0.2) is 18.2 Å². The first-order valence-electron chi connectivity index (χ1n) is 4.54. The Bertz CT molecular complexity index is 360. The van der Waals surface area contributed by atoms with E-state index in [9.17, 15) is 4.39 Å². The van der Waals surface area contributed by atoms with E-state index in [1.165, 1.54) is 6.07 Å². The van der Waals surface area contributed by atoms with Crippen LogP contribution in [-0.4, -0.2) is 18.1 Å². The van der Waals surface area contributed by atoms with Crippen molar-refractivity contribution in [1.82, 2.24) is 0 Å². The summed E-state index contributed by atoms with van der Waals surface area (Å²) in [6, 6.07) is 4.72. The predicted molar refractivity (Wildman–Crippen MR) is 65.5 cm³/mol. The van der Waals surface area contributed by atoms with E-state index < -0.39 is 5.82 Å². The molecule has 80 valence electrons. The lowest BCUT2D eigenvalue weighted by Crippen LogP contribution is -2.07. The number of nitrogen functional groups attached to an aromatic ring is 1. The minimum Gasteiger partial charge on any atom is -0.395 e. The second-order valence-electron chi connectivity index (χ2n) is 2.88. The van der Waals surface area contributed by atoms with Crippen molar-refractivity contribution in [1.29, 1.82) is 0 Å². The van der Waals surface area contributed by atoms with Crippen molar-refractivity contribution in [2.24, 2.45) is 0 Å². The highest BCUT2D eigenvalue weighted by Crippen LogP contribution is 2.20. The zero-order chi connectivity index (χ0) is 11.1. The molecule has 1 rings (SSSR count). The van der Waals surface area contributed by atoms with Gasteiger partial charge in [0.05, 0.1) is 17.1 Å². The van der Waals surface area contributed by atoms with Gasteiger partial charge in [-0.05, 0) is 12.1 Å². The number of para-hydroxylation sites is 1. The van der Waals surface area contributed by atoms with E-state index in [0.717, 1.165) is 12.3 Å². The highest BCUT2D eigenvalue weighted by molar-refractivity contribution is 7.99. The number of nitrogens with two attached hydrogens (primary N) is 1.